The summed E-state index contributed by atoms with van der Waals surface area (Å²) >= 11 is 0. The Balaban J connectivity index is 0.991. The molecule has 220 valence electrons. The molecule has 9 nitrogen and oxygen atoms in total. The van der Waals surface area contributed by atoms with Crippen LogP contribution in [0.1, 0.15) is 39.9 Å². The number of hydrogen-bond acceptors (Lipinski definition) is 7. The lowest BCUT2D eigenvalue weighted by molar-refractivity contribution is -0.123. The number of hydrazone groups is 1. The fourth-order valence-electron chi connectivity index (χ4n) is 5.08. The molecule has 0 radical (unpaired) electrons. The lowest BCUT2D eigenvalue weighted by Gasteiger charge is -2.34. The van der Waals surface area contributed by atoms with E-state index in [1.807, 2.05) is 36.4 Å². The van der Waals surface area contributed by atoms with E-state index in [-0.39, 0.29) is 24.5 Å². The topological polar surface area (TPSA) is 95.5 Å². The van der Waals surface area contributed by atoms with Gasteiger partial charge in [-0.15, -0.1) is 0 Å². The van der Waals surface area contributed by atoms with Gasteiger partial charge in [-0.1, -0.05) is 42.5 Å². The molecule has 2 aliphatic heterocycles. The van der Waals surface area contributed by atoms with Gasteiger partial charge < -0.3 is 14.8 Å². The van der Waals surface area contributed by atoms with Crippen LogP contribution in [0.5, 0.6) is 5.75 Å². The largest absolute Gasteiger partial charge is 0.484 e. The Labute approximate surface area is 247 Å². The molecule has 2 heterocycles. The standard InChI is InChI=1S/C33H39N5O4/c39-32(34-22-31-7-4-20-41-31)25-42-30-14-10-26(11-15-30)21-35-36-33(40)29-12-8-28(9-13-29)24-38-18-16-37(17-19-38)23-27-5-2-1-3-6-27/h1-3,5-6,8-15,21,31H,4,7,16-20,22-25H2,(H,34,39)(H,36,40)/b35-21-/t31-/m1/s1. The highest BCUT2D eigenvalue weighted by Gasteiger charge is 2.18. The third-order valence-electron chi connectivity index (χ3n) is 7.52. The Bertz CT molecular complexity index is 1300. The quantitative estimate of drug-likeness (QED) is 0.256. The van der Waals surface area contributed by atoms with Crippen molar-refractivity contribution in [3.8, 4) is 5.75 Å². The van der Waals surface area contributed by atoms with Crippen molar-refractivity contribution in [2.75, 3.05) is 45.9 Å². The van der Waals surface area contributed by atoms with Gasteiger partial charge in [-0.05, 0) is 65.9 Å². The summed E-state index contributed by atoms with van der Waals surface area (Å²) in [6.45, 7) is 7.26. The number of benzene rings is 3. The predicted molar refractivity (Wildman–Crippen MR) is 162 cm³/mol. The van der Waals surface area contributed by atoms with Gasteiger partial charge in [-0.25, -0.2) is 5.43 Å². The molecule has 42 heavy (non-hydrogen) atoms. The van der Waals surface area contributed by atoms with Gasteiger partial charge in [0.15, 0.2) is 6.61 Å². The van der Waals surface area contributed by atoms with Crippen LogP contribution in [0.25, 0.3) is 0 Å². The van der Waals surface area contributed by atoms with Crippen molar-refractivity contribution in [1.82, 2.24) is 20.5 Å². The molecule has 5 rings (SSSR count). The zero-order valence-electron chi connectivity index (χ0n) is 23.9. The van der Waals surface area contributed by atoms with E-state index < -0.39 is 0 Å². The Hall–Kier alpha value is -4.05. The minimum absolute atomic E-state index is 0.0552. The number of nitrogens with zero attached hydrogens (tertiary/aromatic N) is 3. The Morgan fingerprint density at radius 3 is 2.19 bits per heavy atom. The van der Waals surface area contributed by atoms with Crippen LogP contribution in [0, 0.1) is 0 Å². The van der Waals surface area contributed by atoms with E-state index in [1.54, 1.807) is 18.3 Å². The molecule has 0 unspecified atom stereocenters. The zero-order valence-corrected chi connectivity index (χ0v) is 23.9. The molecule has 2 fully saturated rings. The first-order chi connectivity index (χ1) is 20.6. The van der Waals surface area contributed by atoms with Gasteiger partial charge in [0.05, 0.1) is 12.3 Å². The first-order valence-electron chi connectivity index (χ1n) is 14.6. The normalized spacial score (nSPS) is 17.8. The highest BCUT2D eigenvalue weighted by molar-refractivity contribution is 5.94. The molecule has 2 saturated heterocycles. The van der Waals surface area contributed by atoms with Gasteiger partial charge in [-0.3, -0.25) is 19.4 Å². The van der Waals surface area contributed by atoms with Gasteiger partial charge in [-0.2, -0.15) is 5.10 Å². The van der Waals surface area contributed by atoms with E-state index in [1.165, 1.54) is 11.1 Å². The molecule has 1 atom stereocenters. The molecule has 0 saturated carbocycles. The summed E-state index contributed by atoms with van der Waals surface area (Å²) in [6.07, 6.45) is 3.70. The minimum atomic E-state index is -0.263. The summed E-state index contributed by atoms with van der Waals surface area (Å²) < 4.78 is 11.1. The summed E-state index contributed by atoms with van der Waals surface area (Å²) in [5.41, 5.74) is 6.49. The predicted octanol–water partition coefficient (Wildman–Crippen LogP) is 3.44. The van der Waals surface area contributed by atoms with E-state index >= 15 is 0 Å². The Morgan fingerprint density at radius 2 is 1.55 bits per heavy atom. The molecule has 0 aromatic heterocycles. The zero-order chi connectivity index (χ0) is 29.0. The minimum Gasteiger partial charge on any atom is -0.484 e. The van der Waals surface area contributed by atoms with Gasteiger partial charge in [0.2, 0.25) is 0 Å². The number of amides is 2. The van der Waals surface area contributed by atoms with Crippen LogP contribution in [0.4, 0.5) is 0 Å². The van der Waals surface area contributed by atoms with E-state index in [4.69, 9.17) is 9.47 Å². The number of carbonyl (C=O) groups excluding carboxylic acids is 2. The van der Waals surface area contributed by atoms with E-state index in [9.17, 15) is 9.59 Å². The molecule has 3 aromatic rings. The number of nitrogens with one attached hydrogen (secondary N) is 2. The number of carbonyl (C=O) groups is 2. The summed E-state index contributed by atoms with van der Waals surface area (Å²) in [5.74, 6) is 0.142. The molecular weight excluding hydrogens is 530 g/mol. The van der Waals surface area contributed by atoms with Gasteiger partial charge in [0.1, 0.15) is 5.75 Å². The van der Waals surface area contributed by atoms with Gasteiger partial charge in [0.25, 0.3) is 11.8 Å². The first-order valence-corrected chi connectivity index (χ1v) is 14.6. The van der Waals surface area contributed by atoms with Crippen molar-refractivity contribution >= 4 is 18.0 Å². The summed E-state index contributed by atoms with van der Waals surface area (Å²) in [5, 5.41) is 6.92. The van der Waals surface area contributed by atoms with Gasteiger partial charge >= 0.3 is 0 Å². The smallest absolute Gasteiger partial charge is 0.271 e. The monoisotopic (exact) mass is 569 g/mol. The lowest BCUT2D eigenvalue weighted by atomic mass is 10.1. The fourth-order valence-corrected chi connectivity index (χ4v) is 5.08. The van der Waals surface area contributed by atoms with Crippen LogP contribution >= 0.6 is 0 Å². The van der Waals surface area contributed by atoms with Crippen LogP contribution in [-0.2, 0) is 22.6 Å². The van der Waals surface area contributed by atoms with E-state index in [0.717, 1.165) is 64.3 Å². The number of piperazine rings is 1. The Kier molecular flexibility index (Phi) is 10.7. The average molecular weight is 570 g/mol. The van der Waals surface area contributed by atoms with E-state index in [2.05, 4.69) is 56.0 Å². The molecule has 0 bridgehead atoms. The molecular formula is C33H39N5O4. The lowest BCUT2D eigenvalue weighted by Crippen LogP contribution is -2.45. The van der Waals surface area contributed by atoms with Crippen molar-refractivity contribution in [2.45, 2.75) is 32.0 Å². The fraction of sp³-hybridized carbons (Fsp3) is 0.364. The summed E-state index contributed by atoms with van der Waals surface area (Å²) in [6, 6.07) is 25.5. The highest BCUT2D eigenvalue weighted by Crippen LogP contribution is 2.14. The third-order valence-corrected chi connectivity index (χ3v) is 7.52. The SMILES string of the molecule is O=C(COc1ccc(/C=N\NC(=O)c2ccc(CN3CCN(Cc4ccccc4)CC3)cc2)cc1)NC[C@H]1CCCO1. The average Bonchev–Trinajstić information content (AvgIpc) is 3.55. The number of hydrogen-bond donors (Lipinski definition) is 2. The molecule has 0 spiro atoms. The number of rotatable bonds is 12. The van der Waals surface area contributed by atoms with Gasteiger partial charge in [0, 0.05) is 58.0 Å². The molecule has 3 aromatic carbocycles. The van der Waals surface area contributed by atoms with Crippen LogP contribution in [0.3, 0.4) is 0 Å². The van der Waals surface area contributed by atoms with Crippen LogP contribution < -0.4 is 15.5 Å². The second kappa shape index (κ2) is 15.3. The molecule has 9 heteroatoms. The Morgan fingerprint density at radius 1 is 0.881 bits per heavy atom. The molecule has 2 N–H and O–H groups in total. The van der Waals surface area contributed by atoms with Crippen molar-refractivity contribution in [1.29, 1.82) is 0 Å². The van der Waals surface area contributed by atoms with Crippen molar-refractivity contribution in [3.63, 3.8) is 0 Å². The van der Waals surface area contributed by atoms with Crippen LogP contribution in [0.2, 0.25) is 0 Å². The second-order valence-electron chi connectivity index (χ2n) is 10.7. The summed E-state index contributed by atoms with van der Waals surface area (Å²) in [7, 11) is 0. The molecule has 2 aliphatic rings. The first kappa shape index (κ1) is 29.4. The second-order valence-corrected chi connectivity index (χ2v) is 10.7. The molecule has 2 amide bonds. The van der Waals surface area contributed by atoms with Crippen molar-refractivity contribution < 1.29 is 19.1 Å². The van der Waals surface area contributed by atoms with Crippen molar-refractivity contribution in [2.24, 2.45) is 5.10 Å². The maximum absolute atomic E-state index is 12.6. The number of ether oxygens (including phenoxy) is 2. The highest BCUT2D eigenvalue weighted by atomic mass is 16.5. The summed E-state index contributed by atoms with van der Waals surface area (Å²) in [4.78, 5) is 29.5. The third kappa shape index (κ3) is 9.24. The van der Waals surface area contributed by atoms with Crippen LogP contribution in [0.15, 0.2) is 84.0 Å². The maximum Gasteiger partial charge on any atom is 0.271 e. The molecule has 0 aliphatic carbocycles. The van der Waals surface area contributed by atoms with Crippen molar-refractivity contribution in [3.05, 3.63) is 101 Å². The maximum atomic E-state index is 12.6. The van der Waals surface area contributed by atoms with Crippen LogP contribution in [-0.4, -0.2) is 79.9 Å². The van der Waals surface area contributed by atoms with E-state index in [0.29, 0.717) is 17.9 Å².